The second-order valence-corrected chi connectivity index (χ2v) is 3.86. The van der Waals surface area contributed by atoms with Gasteiger partial charge in [0.25, 0.3) is 11.6 Å². The molecule has 0 bridgehead atoms. The summed E-state index contributed by atoms with van der Waals surface area (Å²) in [4.78, 5) is 24.5. The molecular weight excluding hydrogens is 234 g/mol. The van der Waals surface area contributed by atoms with E-state index >= 15 is 0 Å². The van der Waals surface area contributed by atoms with Gasteiger partial charge in [-0.15, -0.1) is 0 Å². The summed E-state index contributed by atoms with van der Waals surface area (Å²) in [5.41, 5.74) is 7.06. The zero-order chi connectivity index (χ0) is 13.3. The number of nitrogens with one attached hydrogen (secondary N) is 1. The number of aryl methyl sites for hydroxylation is 1. The lowest BCUT2D eigenvalue weighted by atomic mass is 10.1. The number of hydrogen-bond donors (Lipinski definition) is 2. The van der Waals surface area contributed by atoms with Gasteiger partial charge >= 0.3 is 0 Å². The lowest BCUT2D eigenvalue weighted by Gasteiger charge is -1.99. The second kappa shape index (κ2) is 4.33. The number of aromatic nitrogens is 1. The van der Waals surface area contributed by atoms with E-state index in [9.17, 15) is 14.9 Å². The van der Waals surface area contributed by atoms with Crippen molar-refractivity contribution in [3.63, 3.8) is 0 Å². The maximum absolute atomic E-state index is 11.2. The average Bonchev–Trinajstić information content (AvgIpc) is 2.71. The van der Waals surface area contributed by atoms with Crippen molar-refractivity contribution in [2.75, 3.05) is 0 Å². The van der Waals surface area contributed by atoms with Gasteiger partial charge in [-0.3, -0.25) is 14.9 Å². The maximum Gasteiger partial charge on any atom is 0.278 e. The van der Waals surface area contributed by atoms with Crippen LogP contribution in [0.4, 0.5) is 5.69 Å². The van der Waals surface area contributed by atoms with E-state index in [1.165, 1.54) is 12.1 Å². The summed E-state index contributed by atoms with van der Waals surface area (Å²) in [6, 6.07) is 7.85. The van der Waals surface area contributed by atoms with Gasteiger partial charge in [-0.1, -0.05) is 12.1 Å². The third kappa shape index (κ3) is 1.95. The molecule has 1 aromatic heterocycles. The van der Waals surface area contributed by atoms with Crippen LogP contribution in [-0.2, 0) is 0 Å². The lowest BCUT2D eigenvalue weighted by molar-refractivity contribution is -0.384. The Kier molecular flexibility index (Phi) is 2.85. The Labute approximate surface area is 103 Å². The van der Waals surface area contributed by atoms with Crippen molar-refractivity contribution in [2.45, 2.75) is 6.92 Å². The molecule has 2 rings (SSSR count). The predicted octanol–water partition coefficient (Wildman–Crippen LogP) is 2.00. The number of nitro groups is 1. The van der Waals surface area contributed by atoms with Crippen LogP contribution in [0, 0.1) is 17.0 Å². The Morgan fingerprint density at radius 2 is 2.06 bits per heavy atom. The third-order valence-corrected chi connectivity index (χ3v) is 2.67. The fourth-order valence-electron chi connectivity index (χ4n) is 1.82. The molecule has 1 heterocycles. The number of amides is 1. The monoisotopic (exact) mass is 245 g/mol. The molecule has 1 aromatic carbocycles. The number of nitrogens with zero attached hydrogens (tertiary/aromatic N) is 1. The van der Waals surface area contributed by atoms with Crippen LogP contribution < -0.4 is 5.73 Å². The number of nitrogens with two attached hydrogens (primary N) is 1. The maximum atomic E-state index is 11.2. The van der Waals surface area contributed by atoms with E-state index < -0.39 is 10.8 Å². The van der Waals surface area contributed by atoms with E-state index in [1.54, 1.807) is 25.1 Å². The molecule has 6 heteroatoms. The number of carbonyl (C=O) groups is 1. The van der Waals surface area contributed by atoms with E-state index in [1.807, 2.05) is 0 Å². The molecule has 1 amide bonds. The first-order valence-corrected chi connectivity index (χ1v) is 5.24. The molecule has 0 spiro atoms. The van der Waals surface area contributed by atoms with Crippen molar-refractivity contribution >= 4 is 11.6 Å². The van der Waals surface area contributed by atoms with Crippen molar-refractivity contribution < 1.29 is 9.72 Å². The van der Waals surface area contributed by atoms with Gasteiger partial charge in [-0.2, -0.15) is 0 Å². The summed E-state index contributed by atoms with van der Waals surface area (Å²) in [5.74, 6) is -0.561. The van der Waals surface area contributed by atoms with Crippen LogP contribution in [0.3, 0.4) is 0 Å². The van der Waals surface area contributed by atoms with Crippen molar-refractivity contribution in [3.8, 4) is 11.3 Å². The van der Waals surface area contributed by atoms with Crippen LogP contribution in [0.2, 0.25) is 0 Å². The highest BCUT2D eigenvalue weighted by atomic mass is 16.6. The molecule has 0 unspecified atom stereocenters. The highest BCUT2D eigenvalue weighted by Crippen LogP contribution is 2.29. The Morgan fingerprint density at radius 1 is 1.39 bits per heavy atom. The summed E-state index contributed by atoms with van der Waals surface area (Å²) in [5, 5.41) is 10.9. The van der Waals surface area contributed by atoms with Gasteiger partial charge in [0.1, 0.15) is 0 Å². The molecule has 6 nitrogen and oxygen atoms in total. The third-order valence-electron chi connectivity index (χ3n) is 2.67. The number of primary amides is 1. The highest BCUT2D eigenvalue weighted by molar-refractivity contribution is 5.95. The molecule has 92 valence electrons. The Balaban J connectivity index is 2.59. The molecule has 3 N–H and O–H groups in total. The van der Waals surface area contributed by atoms with Crippen LogP contribution in [0.1, 0.15) is 16.1 Å². The average molecular weight is 245 g/mol. The summed E-state index contributed by atoms with van der Waals surface area (Å²) in [7, 11) is 0. The number of carbonyl (C=O) groups excluding carboxylic acids is 1. The standard InChI is InChI=1S/C12H11N3O3/c1-7-9(12(13)16)6-10(14-7)8-4-2-3-5-11(8)15(17)18/h2-6,14H,1H3,(H2,13,16). The first kappa shape index (κ1) is 11.8. The van der Waals surface area contributed by atoms with Crippen molar-refractivity contribution in [2.24, 2.45) is 5.73 Å². The van der Waals surface area contributed by atoms with Crippen LogP contribution in [0.25, 0.3) is 11.3 Å². The summed E-state index contributed by atoms with van der Waals surface area (Å²) >= 11 is 0. The molecule has 0 aliphatic carbocycles. The van der Waals surface area contributed by atoms with E-state index in [2.05, 4.69) is 4.98 Å². The van der Waals surface area contributed by atoms with Gasteiger partial charge in [0, 0.05) is 11.8 Å². The first-order chi connectivity index (χ1) is 8.50. The number of rotatable bonds is 3. The molecule has 0 aliphatic rings. The van der Waals surface area contributed by atoms with E-state index in [0.717, 1.165) is 0 Å². The number of nitro benzene ring substituents is 1. The molecule has 0 saturated heterocycles. The number of aromatic amines is 1. The van der Waals surface area contributed by atoms with Crippen LogP contribution in [-0.4, -0.2) is 15.8 Å². The minimum atomic E-state index is -0.561. The fraction of sp³-hybridized carbons (Fsp3) is 0.0833. The fourth-order valence-corrected chi connectivity index (χ4v) is 1.82. The quantitative estimate of drug-likeness (QED) is 0.638. The van der Waals surface area contributed by atoms with Crippen LogP contribution in [0.15, 0.2) is 30.3 Å². The van der Waals surface area contributed by atoms with Crippen LogP contribution >= 0.6 is 0 Å². The minimum Gasteiger partial charge on any atom is -0.366 e. The van der Waals surface area contributed by atoms with Gasteiger partial charge in [0.15, 0.2) is 0 Å². The predicted molar refractivity (Wildman–Crippen MR) is 66.1 cm³/mol. The number of benzene rings is 1. The molecule has 0 fully saturated rings. The minimum absolute atomic E-state index is 0.0187. The van der Waals surface area contributed by atoms with Crippen molar-refractivity contribution in [3.05, 3.63) is 51.7 Å². The molecule has 0 aliphatic heterocycles. The number of H-pyrrole nitrogens is 1. The number of hydrogen-bond acceptors (Lipinski definition) is 3. The Morgan fingerprint density at radius 3 is 2.61 bits per heavy atom. The first-order valence-electron chi connectivity index (χ1n) is 5.24. The number of para-hydroxylation sites is 1. The topological polar surface area (TPSA) is 102 Å². The SMILES string of the molecule is Cc1[nH]c(-c2ccccc2[N+](=O)[O-])cc1C(N)=O. The van der Waals surface area contributed by atoms with Crippen LogP contribution in [0.5, 0.6) is 0 Å². The summed E-state index contributed by atoms with van der Waals surface area (Å²) < 4.78 is 0. The van der Waals surface area contributed by atoms with E-state index in [0.29, 0.717) is 22.5 Å². The molecule has 0 atom stereocenters. The zero-order valence-corrected chi connectivity index (χ0v) is 9.64. The van der Waals surface area contributed by atoms with E-state index in [4.69, 9.17) is 5.73 Å². The normalized spacial score (nSPS) is 10.3. The van der Waals surface area contributed by atoms with Gasteiger partial charge in [0.2, 0.25) is 0 Å². The van der Waals surface area contributed by atoms with Crippen molar-refractivity contribution in [1.29, 1.82) is 0 Å². The lowest BCUT2D eigenvalue weighted by Crippen LogP contribution is -2.10. The Hall–Kier alpha value is -2.63. The molecular formula is C12H11N3O3. The van der Waals surface area contributed by atoms with Crippen molar-refractivity contribution in [1.82, 2.24) is 4.98 Å². The molecule has 0 saturated carbocycles. The highest BCUT2D eigenvalue weighted by Gasteiger charge is 2.18. The molecule has 2 aromatic rings. The van der Waals surface area contributed by atoms with E-state index in [-0.39, 0.29) is 5.69 Å². The summed E-state index contributed by atoms with van der Waals surface area (Å²) in [6.45, 7) is 1.69. The van der Waals surface area contributed by atoms with Gasteiger partial charge in [-0.05, 0) is 19.1 Å². The van der Waals surface area contributed by atoms with Gasteiger partial charge in [0.05, 0.1) is 21.7 Å². The largest absolute Gasteiger partial charge is 0.366 e. The van der Waals surface area contributed by atoms with Gasteiger partial charge < -0.3 is 10.7 Å². The van der Waals surface area contributed by atoms with Gasteiger partial charge in [-0.25, -0.2) is 0 Å². The smallest absolute Gasteiger partial charge is 0.278 e. The zero-order valence-electron chi connectivity index (χ0n) is 9.64. The summed E-state index contributed by atoms with van der Waals surface area (Å²) in [6.07, 6.45) is 0. The second-order valence-electron chi connectivity index (χ2n) is 3.86. The molecule has 18 heavy (non-hydrogen) atoms. The Bertz CT molecular complexity index is 631. The molecule has 0 radical (unpaired) electrons.